The first-order valence-electron chi connectivity index (χ1n) is 9.66. The zero-order chi connectivity index (χ0) is 24.2. The molecule has 3 rings (SSSR count). The van der Waals surface area contributed by atoms with Crippen LogP contribution in [0, 0.1) is 6.92 Å². The molecule has 33 heavy (non-hydrogen) atoms. The van der Waals surface area contributed by atoms with Gasteiger partial charge < -0.3 is 16.4 Å². The van der Waals surface area contributed by atoms with Gasteiger partial charge in [-0.3, -0.25) is 19.4 Å². The van der Waals surface area contributed by atoms with E-state index in [1.165, 1.54) is 30.6 Å². The fraction of sp³-hybridized carbons (Fsp3) is 0.130. The van der Waals surface area contributed by atoms with Crippen LogP contribution in [-0.4, -0.2) is 35.3 Å². The molecule has 1 aromatic heterocycles. The minimum absolute atomic E-state index is 0.0655. The number of Topliss-reactive ketones (excluding diaryl/α,β-unsaturated/α-hetero) is 1. The van der Waals surface area contributed by atoms with Crippen molar-refractivity contribution < 1.29 is 27.6 Å². The Bertz CT molecular complexity index is 1210. The van der Waals surface area contributed by atoms with Crippen LogP contribution in [0.2, 0.25) is 0 Å². The van der Waals surface area contributed by atoms with Crippen molar-refractivity contribution in [3.63, 3.8) is 0 Å². The molecular formula is C23H19F3N4O3. The van der Waals surface area contributed by atoms with Gasteiger partial charge in [0.2, 0.25) is 5.91 Å². The van der Waals surface area contributed by atoms with E-state index < -0.39 is 30.3 Å². The van der Waals surface area contributed by atoms with E-state index in [1.807, 2.05) is 0 Å². The summed E-state index contributed by atoms with van der Waals surface area (Å²) >= 11 is 0. The third kappa shape index (κ3) is 6.16. The van der Waals surface area contributed by atoms with Crippen LogP contribution in [0.15, 0.2) is 60.9 Å². The van der Waals surface area contributed by atoms with Gasteiger partial charge in [0.1, 0.15) is 6.54 Å². The van der Waals surface area contributed by atoms with Crippen molar-refractivity contribution in [3.05, 3.63) is 77.6 Å². The van der Waals surface area contributed by atoms with Crippen LogP contribution in [0.4, 0.5) is 24.5 Å². The maximum atomic E-state index is 12.9. The molecule has 2 amide bonds. The molecular weight excluding hydrogens is 437 g/mol. The second-order valence-corrected chi connectivity index (χ2v) is 7.20. The van der Waals surface area contributed by atoms with Gasteiger partial charge in [0, 0.05) is 17.4 Å². The van der Waals surface area contributed by atoms with Crippen molar-refractivity contribution in [2.24, 2.45) is 5.73 Å². The molecule has 0 saturated heterocycles. The van der Waals surface area contributed by atoms with E-state index in [2.05, 4.69) is 15.6 Å². The molecule has 7 nitrogen and oxygen atoms in total. The number of hydrogen-bond acceptors (Lipinski definition) is 5. The average molecular weight is 456 g/mol. The number of rotatable bonds is 7. The lowest BCUT2D eigenvalue weighted by atomic mass is 9.94. The summed E-state index contributed by atoms with van der Waals surface area (Å²) in [7, 11) is 0. The van der Waals surface area contributed by atoms with Crippen LogP contribution in [0.25, 0.3) is 11.1 Å². The Kier molecular flexibility index (Phi) is 6.76. The maximum Gasteiger partial charge on any atom is 0.405 e. The van der Waals surface area contributed by atoms with Crippen molar-refractivity contribution in [1.82, 2.24) is 4.98 Å². The Labute approximate surface area is 186 Å². The van der Waals surface area contributed by atoms with Crippen molar-refractivity contribution in [2.75, 3.05) is 17.2 Å². The van der Waals surface area contributed by atoms with Crippen LogP contribution in [0.5, 0.6) is 0 Å². The largest absolute Gasteiger partial charge is 0.405 e. The minimum Gasteiger partial charge on any atom is -0.376 e. The molecule has 0 atom stereocenters. The van der Waals surface area contributed by atoms with E-state index in [9.17, 15) is 27.6 Å². The lowest BCUT2D eigenvalue weighted by Gasteiger charge is -2.13. The van der Waals surface area contributed by atoms with Gasteiger partial charge in [0.05, 0.1) is 17.4 Å². The minimum atomic E-state index is -4.35. The highest BCUT2D eigenvalue weighted by Crippen LogP contribution is 2.27. The number of carbonyl (C=O) groups is 3. The number of nitrogens with zero attached hydrogens (tertiary/aromatic N) is 1. The topological polar surface area (TPSA) is 114 Å². The van der Waals surface area contributed by atoms with Gasteiger partial charge in [-0.25, -0.2) is 0 Å². The number of nitrogens with one attached hydrogen (secondary N) is 2. The highest BCUT2D eigenvalue weighted by atomic mass is 19.4. The number of hydrogen-bond donors (Lipinski definition) is 3. The molecule has 0 fully saturated rings. The molecule has 170 valence electrons. The second kappa shape index (κ2) is 9.51. The normalized spacial score (nSPS) is 11.0. The lowest BCUT2D eigenvalue weighted by Crippen LogP contribution is -2.24. The van der Waals surface area contributed by atoms with Gasteiger partial charge in [-0.05, 0) is 42.3 Å². The molecule has 0 spiro atoms. The summed E-state index contributed by atoms with van der Waals surface area (Å²) in [5.41, 5.74) is 7.47. The molecule has 10 heteroatoms. The van der Waals surface area contributed by atoms with E-state index in [0.29, 0.717) is 11.1 Å². The monoisotopic (exact) mass is 456 g/mol. The van der Waals surface area contributed by atoms with E-state index in [-0.39, 0.29) is 22.5 Å². The number of alkyl halides is 3. The number of aromatic nitrogens is 1. The first-order chi connectivity index (χ1) is 15.5. The summed E-state index contributed by atoms with van der Waals surface area (Å²) in [4.78, 5) is 40.6. The number of anilines is 2. The summed E-state index contributed by atoms with van der Waals surface area (Å²) < 4.78 is 37.2. The molecule has 0 aliphatic heterocycles. The molecule has 2 aromatic carbocycles. The third-order valence-electron chi connectivity index (χ3n) is 4.60. The van der Waals surface area contributed by atoms with Gasteiger partial charge in [-0.2, -0.15) is 13.2 Å². The van der Waals surface area contributed by atoms with Crippen molar-refractivity contribution in [2.45, 2.75) is 13.1 Å². The SMILES string of the molecule is Cc1ccc(-c2ccc(NCC(F)(F)F)cc2)c(C(=O)C(=O)Nc2cncc(C(N)=O)c2)c1. The number of halogens is 3. The quantitative estimate of drug-likeness (QED) is 0.368. The Morgan fingerprint density at radius 3 is 2.30 bits per heavy atom. The fourth-order valence-electron chi connectivity index (χ4n) is 3.02. The average Bonchev–Trinajstić information content (AvgIpc) is 2.77. The number of aryl methyl sites for hydroxylation is 1. The summed E-state index contributed by atoms with van der Waals surface area (Å²) in [5, 5.41) is 4.67. The fourth-order valence-corrected chi connectivity index (χ4v) is 3.02. The third-order valence-corrected chi connectivity index (χ3v) is 4.60. The zero-order valence-corrected chi connectivity index (χ0v) is 17.4. The summed E-state index contributed by atoms with van der Waals surface area (Å²) in [6.07, 6.45) is -1.86. The first-order valence-corrected chi connectivity index (χ1v) is 9.66. The van der Waals surface area contributed by atoms with Gasteiger partial charge in [-0.1, -0.05) is 29.8 Å². The Balaban J connectivity index is 1.84. The van der Waals surface area contributed by atoms with Crippen molar-refractivity contribution in [3.8, 4) is 11.1 Å². The number of carbonyl (C=O) groups excluding carboxylic acids is 3. The van der Waals surface area contributed by atoms with E-state index >= 15 is 0 Å². The Morgan fingerprint density at radius 2 is 1.67 bits per heavy atom. The molecule has 4 N–H and O–H groups in total. The summed E-state index contributed by atoms with van der Waals surface area (Å²) in [6, 6.07) is 12.3. The lowest BCUT2D eigenvalue weighted by molar-refractivity contribution is -0.115. The smallest absolute Gasteiger partial charge is 0.376 e. The predicted octanol–water partition coefficient (Wildman–Crippen LogP) is 3.95. The molecule has 0 aliphatic rings. The number of amides is 2. The molecule has 0 bridgehead atoms. The molecule has 1 heterocycles. The van der Waals surface area contributed by atoms with E-state index in [4.69, 9.17) is 5.73 Å². The van der Waals surface area contributed by atoms with Gasteiger partial charge in [0.15, 0.2) is 0 Å². The zero-order valence-electron chi connectivity index (χ0n) is 17.4. The highest BCUT2D eigenvalue weighted by molar-refractivity contribution is 6.47. The van der Waals surface area contributed by atoms with Crippen molar-refractivity contribution in [1.29, 1.82) is 0 Å². The molecule has 0 radical (unpaired) electrons. The van der Waals surface area contributed by atoms with Crippen LogP contribution in [-0.2, 0) is 4.79 Å². The predicted molar refractivity (Wildman–Crippen MR) is 117 cm³/mol. The number of benzene rings is 2. The van der Waals surface area contributed by atoms with Crippen LogP contribution in [0.1, 0.15) is 26.3 Å². The maximum absolute atomic E-state index is 12.9. The van der Waals surface area contributed by atoms with Gasteiger partial charge in [-0.15, -0.1) is 0 Å². The number of primary amides is 1. The molecule has 0 aliphatic carbocycles. The Hall–Kier alpha value is -4.21. The van der Waals surface area contributed by atoms with Crippen LogP contribution < -0.4 is 16.4 Å². The van der Waals surface area contributed by atoms with Crippen LogP contribution >= 0.6 is 0 Å². The molecule has 0 saturated carbocycles. The van der Waals surface area contributed by atoms with E-state index in [1.54, 1.807) is 37.3 Å². The van der Waals surface area contributed by atoms with E-state index in [0.717, 1.165) is 5.56 Å². The molecule has 3 aromatic rings. The van der Waals surface area contributed by atoms with Crippen LogP contribution in [0.3, 0.4) is 0 Å². The standard InChI is InChI=1S/C23H19F3N4O3/c1-13-2-7-18(14-3-5-16(6-4-14)29-12-23(24,25)26)19(8-13)20(31)22(33)30-17-9-15(21(27)32)10-28-11-17/h2-11,29H,12H2,1H3,(H2,27,32)(H,30,33). The molecule has 0 unspecified atom stereocenters. The van der Waals surface area contributed by atoms with Gasteiger partial charge in [0.25, 0.3) is 11.7 Å². The number of ketones is 1. The van der Waals surface area contributed by atoms with Gasteiger partial charge >= 0.3 is 6.18 Å². The van der Waals surface area contributed by atoms with Crippen molar-refractivity contribution >= 4 is 29.0 Å². The Morgan fingerprint density at radius 1 is 0.970 bits per heavy atom. The second-order valence-electron chi connectivity index (χ2n) is 7.20. The summed E-state index contributed by atoms with van der Waals surface area (Å²) in [5.74, 6) is -2.52. The first kappa shape index (κ1) is 23.5. The highest BCUT2D eigenvalue weighted by Gasteiger charge is 2.26. The number of pyridine rings is 1. The summed E-state index contributed by atoms with van der Waals surface area (Å²) in [6.45, 7) is 0.579. The number of nitrogens with two attached hydrogens (primary N) is 1.